The molecule has 4 N–H and O–H groups in total. The Labute approximate surface area is 394 Å². The number of pyridine rings is 1. The molecule has 2 atom stereocenters. The van der Waals surface area contributed by atoms with Crippen molar-refractivity contribution in [3.63, 3.8) is 0 Å². The van der Waals surface area contributed by atoms with E-state index in [0.29, 0.717) is 61.4 Å². The predicted octanol–water partition coefficient (Wildman–Crippen LogP) is 9.70. The minimum atomic E-state index is -4.71. The molecule has 0 bridgehead atoms. The highest BCUT2D eigenvalue weighted by Crippen LogP contribution is 2.49. The van der Waals surface area contributed by atoms with Crippen LogP contribution in [0.4, 0.5) is 25.8 Å². The molecule has 4 heterocycles. The van der Waals surface area contributed by atoms with Crippen molar-refractivity contribution < 1.29 is 41.5 Å². The molecule has 18 heteroatoms. The number of nitrogens with one attached hydrogen (secondary N) is 3. The highest BCUT2D eigenvalue weighted by Gasteiger charge is 2.49. The van der Waals surface area contributed by atoms with Crippen LogP contribution in [0.2, 0.25) is 0 Å². The van der Waals surface area contributed by atoms with Gasteiger partial charge in [-0.1, -0.05) is 44.5 Å². The largest absolute Gasteiger partial charge is 0.451 e. The van der Waals surface area contributed by atoms with E-state index in [-0.39, 0.29) is 39.7 Å². The van der Waals surface area contributed by atoms with E-state index < -0.39 is 49.5 Å². The van der Waals surface area contributed by atoms with E-state index in [2.05, 4.69) is 63.2 Å². The van der Waals surface area contributed by atoms with E-state index in [9.17, 15) is 37.2 Å². The normalized spacial score (nSPS) is 22.9. The molecule has 5 aromatic rings. The number of carbonyl (C=O) groups excluding carboxylic acids is 1. The van der Waals surface area contributed by atoms with Gasteiger partial charge in [0, 0.05) is 68.2 Å². The number of aromatic amines is 1. The van der Waals surface area contributed by atoms with Gasteiger partial charge in [0.25, 0.3) is 27.5 Å². The summed E-state index contributed by atoms with van der Waals surface area (Å²) in [6.07, 6.45) is 9.70. The highest BCUT2D eigenvalue weighted by atomic mass is 32.2. The number of H-pyrrole nitrogens is 1. The third kappa shape index (κ3) is 9.99. The van der Waals surface area contributed by atoms with Gasteiger partial charge in [-0.2, -0.15) is 13.8 Å². The Morgan fingerprint density at radius 3 is 2.46 bits per heavy atom. The highest BCUT2D eigenvalue weighted by molar-refractivity contribution is 7.90. The number of piperidine rings is 1. The lowest BCUT2D eigenvalue weighted by atomic mass is 9.70. The molecule has 2 aliphatic heterocycles. The van der Waals surface area contributed by atoms with E-state index in [1.165, 1.54) is 54.7 Å². The fourth-order valence-electron chi connectivity index (χ4n) is 11.0. The van der Waals surface area contributed by atoms with Crippen LogP contribution in [0.3, 0.4) is 0 Å². The number of carbonyl (C=O) groups is 1. The smallest absolute Gasteiger partial charge is 0.388 e. The molecule has 2 aromatic heterocycles. The summed E-state index contributed by atoms with van der Waals surface area (Å²) in [7, 11) is -4.71. The zero-order chi connectivity index (χ0) is 48.0. The van der Waals surface area contributed by atoms with Crippen molar-refractivity contribution >= 4 is 44.0 Å². The number of hydrogen-bond acceptors (Lipinski definition) is 12. The van der Waals surface area contributed by atoms with Crippen molar-refractivity contribution in [3.8, 4) is 17.4 Å². The van der Waals surface area contributed by atoms with Gasteiger partial charge in [0.2, 0.25) is 0 Å². The molecule has 362 valence electrons. The number of aliphatic hydroxyl groups is 1. The maximum absolute atomic E-state index is 14.1. The minimum Gasteiger partial charge on any atom is -0.451 e. The van der Waals surface area contributed by atoms with E-state index in [1.807, 2.05) is 4.72 Å². The summed E-state index contributed by atoms with van der Waals surface area (Å²) in [6.45, 7) is 6.92. The van der Waals surface area contributed by atoms with E-state index in [4.69, 9.17) is 9.47 Å². The molecule has 0 unspecified atom stereocenters. The number of nitro groups is 1. The summed E-state index contributed by atoms with van der Waals surface area (Å²) in [5, 5.41) is 26.1. The van der Waals surface area contributed by atoms with Crippen LogP contribution in [0, 0.1) is 21.4 Å². The van der Waals surface area contributed by atoms with Crippen molar-refractivity contribution in [3.05, 3.63) is 106 Å². The maximum atomic E-state index is 14.1. The van der Waals surface area contributed by atoms with Crippen molar-refractivity contribution in [2.75, 3.05) is 42.9 Å². The summed E-state index contributed by atoms with van der Waals surface area (Å²) in [5.74, 6) is -0.915. The molecule has 0 radical (unpaired) electrons. The van der Waals surface area contributed by atoms with Crippen LogP contribution < -0.4 is 24.4 Å². The summed E-state index contributed by atoms with van der Waals surface area (Å²) in [6, 6.07) is 20.5. The zero-order valence-electron chi connectivity index (χ0n) is 38.5. The Hall–Kier alpha value is -5.85. The Morgan fingerprint density at radius 2 is 1.74 bits per heavy atom. The molecule has 2 aliphatic carbocycles. The number of nitro benzene ring substituents is 1. The summed E-state index contributed by atoms with van der Waals surface area (Å²) >= 11 is 0. The first-order chi connectivity index (χ1) is 32.5. The second-order valence-electron chi connectivity index (χ2n) is 19.8. The second-order valence-corrected chi connectivity index (χ2v) is 21.5. The number of likely N-dealkylation sites (tertiary alicyclic amines) is 1. The molecule has 2 saturated heterocycles. The topological polar surface area (TPSA) is 192 Å². The molecule has 15 nitrogen and oxygen atoms in total. The first-order valence-corrected chi connectivity index (χ1v) is 25.1. The number of benzene rings is 3. The molecule has 4 fully saturated rings. The standard InChI is InChI=1S/C50H59F2N7O8S/c1-31(2)36-7-4-5-8-37(36)38-9-6-10-41(38)58-29-50(30-58)20-23-57(24-21-50)34-11-13-39(43(26-34)66-44-25-33-17-22-53-45(33)55-47(44)67-48(51)52)46(60)56-68(64,65)35-12-14-40(42(27-35)59(62)63)54-28-32-15-18-49(3,61)19-16-32/h4-5,7-8,11-14,17,22,25-27,31-32,38,41,48,54,61H,6,9-10,15-16,18-21,23-24,28-30H2,1-3H3,(H,53,55)(H,56,60)/t32-,38-,41-,49-/m1/s1. The third-order valence-corrected chi connectivity index (χ3v) is 16.1. The van der Waals surface area contributed by atoms with Crippen molar-refractivity contribution in [2.45, 2.75) is 114 Å². The predicted molar refractivity (Wildman–Crippen MR) is 254 cm³/mol. The SMILES string of the molecule is CC(C)c1ccccc1[C@H]1CCC[C@H]1N1CC2(CCN(c3ccc(C(=O)NS(=O)(=O)c4ccc(NC[C@H]5CC[C@](C)(O)CC5)c([N+](=O)[O-])c4)c(Oc4cc5cc[nH]c5nc4OC(F)F)c3)CC2)C1. The summed E-state index contributed by atoms with van der Waals surface area (Å²) in [5.41, 5.74) is 2.66. The Bertz CT molecular complexity index is 2780. The lowest BCUT2D eigenvalue weighted by molar-refractivity contribution is -0.384. The van der Waals surface area contributed by atoms with Crippen LogP contribution in [-0.4, -0.2) is 90.2 Å². The minimum absolute atomic E-state index is 0.114. The molecule has 68 heavy (non-hydrogen) atoms. The second kappa shape index (κ2) is 18.9. The van der Waals surface area contributed by atoms with Crippen LogP contribution in [0.25, 0.3) is 11.0 Å². The molecular formula is C50H59F2N7O8S. The van der Waals surface area contributed by atoms with Crippen LogP contribution in [0.15, 0.2) is 83.9 Å². The first-order valence-electron chi connectivity index (χ1n) is 23.6. The summed E-state index contributed by atoms with van der Waals surface area (Å²) in [4.78, 5) is 36.9. The summed E-state index contributed by atoms with van der Waals surface area (Å²) < 4.78 is 68.0. The number of fused-ring (bicyclic) bond motifs is 1. The lowest BCUT2D eigenvalue weighted by Gasteiger charge is -2.57. The fraction of sp³-hybridized carbons (Fsp3) is 0.480. The van der Waals surface area contributed by atoms with Gasteiger partial charge in [-0.05, 0) is 129 Å². The van der Waals surface area contributed by atoms with Gasteiger partial charge in [-0.25, -0.2) is 13.1 Å². The van der Waals surface area contributed by atoms with Gasteiger partial charge in [0.15, 0.2) is 5.75 Å². The van der Waals surface area contributed by atoms with Crippen molar-refractivity contribution in [2.24, 2.45) is 11.3 Å². The monoisotopic (exact) mass is 955 g/mol. The van der Waals surface area contributed by atoms with Gasteiger partial charge in [-0.3, -0.25) is 19.8 Å². The van der Waals surface area contributed by atoms with Crippen LogP contribution in [0.5, 0.6) is 17.4 Å². The number of halogens is 2. The average Bonchev–Trinajstić information content (AvgIpc) is 3.97. The number of amides is 1. The van der Waals surface area contributed by atoms with Gasteiger partial charge < -0.3 is 29.8 Å². The third-order valence-electron chi connectivity index (χ3n) is 14.8. The average molecular weight is 956 g/mol. The van der Waals surface area contributed by atoms with Crippen molar-refractivity contribution in [1.82, 2.24) is 19.6 Å². The number of sulfonamides is 1. The molecule has 2 saturated carbocycles. The number of hydrogen-bond donors (Lipinski definition) is 4. The van der Waals surface area contributed by atoms with E-state index in [0.717, 1.165) is 44.8 Å². The molecule has 4 aliphatic rings. The van der Waals surface area contributed by atoms with Gasteiger partial charge in [0.05, 0.1) is 21.0 Å². The number of alkyl halides is 2. The zero-order valence-corrected chi connectivity index (χ0v) is 39.4. The van der Waals surface area contributed by atoms with Crippen LogP contribution in [0.1, 0.15) is 112 Å². The Balaban J connectivity index is 0.933. The molecule has 3 aromatic carbocycles. The molecule has 1 amide bonds. The van der Waals surface area contributed by atoms with Crippen LogP contribution >= 0.6 is 0 Å². The van der Waals surface area contributed by atoms with E-state index in [1.54, 1.807) is 31.3 Å². The van der Waals surface area contributed by atoms with E-state index >= 15 is 0 Å². The Morgan fingerprint density at radius 1 is 0.985 bits per heavy atom. The number of nitrogens with zero attached hydrogens (tertiary/aromatic N) is 4. The molecule has 9 rings (SSSR count). The van der Waals surface area contributed by atoms with Crippen LogP contribution in [-0.2, 0) is 10.0 Å². The fourth-order valence-corrected chi connectivity index (χ4v) is 12.0. The molecule has 1 spiro atoms. The van der Waals surface area contributed by atoms with Crippen molar-refractivity contribution in [1.29, 1.82) is 0 Å². The molecular weight excluding hydrogens is 897 g/mol. The lowest BCUT2D eigenvalue weighted by Crippen LogP contribution is -2.63. The quantitative estimate of drug-likeness (QED) is 0.0575. The van der Waals surface area contributed by atoms with Gasteiger partial charge in [0.1, 0.15) is 17.1 Å². The number of aromatic nitrogens is 2. The number of ether oxygens (including phenoxy) is 2. The van der Waals surface area contributed by atoms with Gasteiger partial charge in [-0.15, -0.1) is 0 Å². The Kier molecular flexibility index (Phi) is 13.1. The first kappa shape index (κ1) is 47.2. The van der Waals surface area contributed by atoms with Gasteiger partial charge >= 0.3 is 6.61 Å². The maximum Gasteiger partial charge on any atom is 0.388 e. The number of rotatable bonds is 15. The number of anilines is 2.